The summed E-state index contributed by atoms with van der Waals surface area (Å²) in [5.74, 6) is 0. The van der Waals surface area contributed by atoms with E-state index < -0.39 is 4.87 Å². The lowest BCUT2D eigenvalue weighted by atomic mass is 9.84. The second-order valence-electron chi connectivity index (χ2n) is 5.13. The van der Waals surface area contributed by atoms with E-state index in [1.54, 1.807) is 12.1 Å². The molecule has 0 aliphatic heterocycles. The van der Waals surface area contributed by atoms with E-state index in [1.807, 2.05) is 72.8 Å². The summed E-state index contributed by atoms with van der Waals surface area (Å²) in [6.45, 7) is 0. The molecule has 0 saturated carbocycles. The third-order valence-corrected chi connectivity index (χ3v) is 4.44. The van der Waals surface area contributed by atoms with E-state index >= 15 is 0 Å². The molecule has 0 fully saturated rings. The van der Waals surface area contributed by atoms with Crippen molar-refractivity contribution in [2.45, 2.75) is 4.87 Å². The molecule has 0 saturated heterocycles. The Hall–Kier alpha value is -2.38. The van der Waals surface area contributed by atoms with Crippen LogP contribution in [0.15, 0.2) is 84.9 Å². The third kappa shape index (κ3) is 2.56. The minimum atomic E-state index is -0.774. The van der Waals surface area contributed by atoms with Gasteiger partial charge in [-0.15, -0.1) is 11.6 Å². The molecule has 3 aromatic carbocycles. The predicted octanol–water partition coefficient (Wildman–Crippen LogP) is 5.03. The highest BCUT2D eigenvalue weighted by Gasteiger charge is 2.33. The number of benzene rings is 3. The molecule has 0 aromatic heterocycles. The standard InChI is InChI=1S/C20H15ClO/c21-20(17-7-3-1-4-8-17,18-9-5-2-6-10-18)19-13-11-16(15-22)12-14-19/h1-15H. The first-order chi connectivity index (χ1) is 10.7. The fourth-order valence-electron chi connectivity index (χ4n) is 2.63. The van der Waals surface area contributed by atoms with Crippen LogP contribution in [0.3, 0.4) is 0 Å². The Morgan fingerprint density at radius 1 is 0.636 bits per heavy atom. The molecule has 0 atom stereocenters. The Morgan fingerprint density at radius 3 is 1.45 bits per heavy atom. The first-order valence-electron chi connectivity index (χ1n) is 7.11. The molecule has 0 radical (unpaired) electrons. The van der Waals surface area contributed by atoms with Crippen molar-refractivity contribution in [2.24, 2.45) is 0 Å². The summed E-state index contributed by atoms with van der Waals surface area (Å²) in [6, 6.07) is 27.4. The molecular weight excluding hydrogens is 292 g/mol. The second kappa shape index (κ2) is 6.17. The lowest BCUT2D eigenvalue weighted by molar-refractivity contribution is 0.112. The van der Waals surface area contributed by atoms with Crippen LogP contribution in [0.4, 0.5) is 0 Å². The van der Waals surface area contributed by atoms with Gasteiger partial charge >= 0.3 is 0 Å². The maximum absolute atomic E-state index is 10.9. The number of alkyl halides is 1. The van der Waals surface area contributed by atoms with Crippen LogP contribution in [0.1, 0.15) is 27.0 Å². The SMILES string of the molecule is O=Cc1ccc(C(Cl)(c2ccccc2)c2ccccc2)cc1. The Balaban J connectivity index is 2.20. The van der Waals surface area contributed by atoms with Crippen LogP contribution in [-0.2, 0) is 4.87 Å². The van der Waals surface area contributed by atoms with Crippen molar-refractivity contribution in [3.8, 4) is 0 Å². The number of carbonyl (C=O) groups excluding carboxylic acids is 1. The number of hydrogen-bond donors (Lipinski definition) is 0. The molecule has 0 aliphatic rings. The Morgan fingerprint density at radius 2 is 1.05 bits per heavy atom. The van der Waals surface area contributed by atoms with Gasteiger partial charge in [0.2, 0.25) is 0 Å². The van der Waals surface area contributed by atoms with E-state index in [0.29, 0.717) is 5.56 Å². The molecule has 3 rings (SSSR count). The normalized spacial score (nSPS) is 11.1. The molecule has 2 heteroatoms. The average molecular weight is 307 g/mol. The van der Waals surface area contributed by atoms with Gasteiger partial charge < -0.3 is 0 Å². The predicted molar refractivity (Wildman–Crippen MR) is 90.4 cm³/mol. The number of halogens is 1. The summed E-state index contributed by atoms with van der Waals surface area (Å²) in [4.78, 5) is 10.1. The molecule has 22 heavy (non-hydrogen) atoms. The summed E-state index contributed by atoms with van der Waals surface area (Å²) < 4.78 is 0. The van der Waals surface area contributed by atoms with Crippen molar-refractivity contribution < 1.29 is 4.79 Å². The molecule has 1 nitrogen and oxygen atoms in total. The van der Waals surface area contributed by atoms with E-state index in [1.165, 1.54) is 0 Å². The molecule has 0 heterocycles. The summed E-state index contributed by atoms with van der Waals surface area (Å²) in [6.07, 6.45) is 0.838. The zero-order valence-electron chi connectivity index (χ0n) is 11.9. The minimum absolute atomic E-state index is 0.642. The zero-order chi connectivity index (χ0) is 15.4. The Labute approximate surface area is 135 Å². The summed E-state index contributed by atoms with van der Waals surface area (Å²) >= 11 is 7.12. The number of hydrogen-bond acceptors (Lipinski definition) is 1. The van der Waals surface area contributed by atoms with Gasteiger partial charge in [0.1, 0.15) is 11.2 Å². The van der Waals surface area contributed by atoms with E-state index in [2.05, 4.69) is 0 Å². The van der Waals surface area contributed by atoms with Crippen LogP contribution in [0.5, 0.6) is 0 Å². The highest BCUT2D eigenvalue weighted by atomic mass is 35.5. The zero-order valence-corrected chi connectivity index (χ0v) is 12.7. The van der Waals surface area contributed by atoms with Crippen LogP contribution in [0.2, 0.25) is 0 Å². The average Bonchev–Trinajstić information content (AvgIpc) is 2.62. The fraction of sp³-hybridized carbons (Fsp3) is 0.0500. The first-order valence-corrected chi connectivity index (χ1v) is 7.48. The molecule has 0 unspecified atom stereocenters. The Kier molecular flexibility index (Phi) is 4.08. The molecule has 3 aromatic rings. The number of carbonyl (C=O) groups is 1. The maximum atomic E-state index is 10.9. The minimum Gasteiger partial charge on any atom is -0.298 e. The van der Waals surface area contributed by atoms with Crippen LogP contribution in [0.25, 0.3) is 0 Å². The number of aldehydes is 1. The molecule has 0 spiro atoms. The fourth-order valence-corrected chi connectivity index (χ4v) is 3.00. The van der Waals surface area contributed by atoms with Crippen molar-refractivity contribution in [3.63, 3.8) is 0 Å². The molecule has 0 amide bonds. The quantitative estimate of drug-likeness (QED) is 0.375. The highest BCUT2D eigenvalue weighted by molar-refractivity contribution is 6.28. The highest BCUT2D eigenvalue weighted by Crippen LogP contribution is 2.42. The van der Waals surface area contributed by atoms with Crippen LogP contribution in [-0.4, -0.2) is 6.29 Å². The molecular formula is C20H15ClO. The van der Waals surface area contributed by atoms with Gasteiger partial charge in [-0.3, -0.25) is 4.79 Å². The third-order valence-electron chi connectivity index (χ3n) is 3.79. The van der Waals surface area contributed by atoms with Gasteiger partial charge in [0.25, 0.3) is 0 Å². The lowest BCUT2D eigenvalue weighted by Gasteiger charge is -2.29. The Bertz CT molecular complexity index is 709. The van der Waals surface area contributed by atoms with Crippen LogP contribution < -0.4 is 0 Å². The second-order valence-corrected chi connectivity index (χ2v) is 5.70. The van der Waals surface area contributed by atoms with Crippen molar-refractivity contribution in [3.05, 3.63) is 107 Å². The van der Waals surface area contributed by atoms with Crippen molar-refractivity contribution in [1.29, 1.82) is 0 Å². The smallest absolute Gasteiger partial charge is 0.150 e. The van der Waals surface area contributed by atoms with Gasteiger partial charge in [0, 0.05) is 5.56 Å². The topological polar surface area (TPSA) is 17.1 Å². The molecule has 108 valence electrons. The monoisotopic (exact) mass is 306 g/mol. The van der Waals surface area contributed by atoms with Gasteiger partial charge in [0.05, 0.1) is 0 Å². The van der Waals surface area contributed by atoms with Crippen molar-refractivity contribution in [1.82, 2.24) is 0 Å². The van der Waals surface area contributed by atoms with Gasteiger partial charge in [-0.2, -0.15) is 0 Å². The summed E-state index contributed by atoms with van der Waals surface area (Å²) in [5.41, 5.74) is 3.59. The van der Waals surface area contributed by atoms with E-state index in [-0.39, 0.29) is 0 Å². The first kappa shape index (κ1) is 14.6. The summed E-state index contributed by atoms with van der Waals surface area (Å²) in [5, 5.41) is 0. The van der Waals surface area contributed by atoms with E-state index in [4.69, 9.17) is 11.6 Å². The van der Waals surface area contributed by atoms with Crippen LogP contribution in [0, 0.1) is 0 Å². The van der Waals surface area contributed by atoms with Crippen molar-refractivity contribution >= 4 is 17.9 Å². The lowest BCUT2D eigenvalue weighted by Crippen LogP contribution is -2.22. The molecule has 0 bridgehead atoms. The van der Waals surface area contributed by atoms with Gasteiger partial charge in [-0.05, 0) is 16.7 Å². The molecule has 0 aliphatic carbocycles. The van der Waals surface area contributed by atoms with Gasteiger partial charge in [-0.25, -0.2) is 0 Å². The summed E-state index contributed by atoms with van der Waals surface area (Å²) in [7, 11) is 0. The van der Waals surface area contributed by atoms with Crippen LogP contribution >= 0.6 is 11.6 Å². The van der Waals surface area contributed by atoms with Gasteiger partial charge in [0.15, 0.2) is 0 Å². The van der Waals surface area contributed by atoms with E-state index in [0.717, 1.165) is 23.0 Å². The molecule has 0 N–H and O–H groups in total. The maximum Gasteiger partial charge on any atom is 0.150 e. The van der Waals surface area contributed by atoms with Gasteiger partial charge in [-0.1, -0.05) is 84.9 Å². The number of rotatable bonds is 4. The largest absolute Gasteiger partial charge is 0.298 e. The van der Waals surface area contributed by atoms with Crippen molar-refractivity contribution in [2.75, 3.05) is 0 Å². The van der Waals surface area contributed by atoms with E-state index in [9.17, 15) is 4.79 Å².